The third kappa shape index (κ3) is 3.89. The van der Waals surface area contributed by atoms with E-state index in [2.05, 4.69) is 12.7 Å². The van der Waals surface area contributed by atoms with E-state index in [1.807, 2.05) is 0 Å². The summed E-state index contributed by atoms with van der Waals surface area (Å²) >= 11 is 0. The molecule has 1 saturated heterocycles. The molecule has 0 aromatic carbocycles. The molecule has 3 aliphatic carbocycles. The molecule has 0 spiro atoms. The lowest BCUT2D eigenvalue weighted by Gasteiger charge is -2.40. The van der Waals surface area contributed by atoms with Gasteiger partial charge in [-0.3, -0.25) is 4.90 Å². The van der Waals surface area contributed by atoms with Crippen LogP contribution in [0, 0.1) is 17.8 Å². The third-order valence-electron chi connectivity index (χ3n) is 8.31. The zero-order valence-corrected chi connectivity index (χ0v) is 16.2. The van der Waals surface area contributed by atoms with Crippen LogP contribution in [-0.4, -0.2) is 31.4 Å². The van der Waals surface area contributed by atoms with Crippen LogP contribution < -0.4 is 0 Å². The Kier molecular flexibility index (Phi) is 5.92. The van der Waals surface area contributed by atoms with Crippen molar-refractivity contribution >= 4 is 7.85 Å². The molecule has 1 aliphatic heterocycles. The van der Waals surface area contributed by atoms with Gasteiger partial charge in [0, 0.05) is 18.6 Å². The molecule has 0 radical (unpaired) electrons. The molecule has 4 aliphatic rings. The largest absolute Gasteiger partial charge is 0.297 e. The average molecular weight is 329 g/mol. The van der Waals surface area contributed by atoms with E-state index in [1.54, 1.807) is 32.1 Å². The molecule has 24 heavy (non-hydrogen) atoms. The van der Waals surface area contributed by atoms with Gasteiger partial charge in [-0.1, -0.05) is 76.4 Å². The minimum atomic E-state index is 0.958. The first-order valence-corrected chi connectivity index (χ1v) is 11.6. The Morgan fingerprint density at radius 2 is 1.46 bits per heavy atom. The number of likely N-dealkylation sites (tertiary alicyclic amines) is 1. The molecular weight excluding hydrogens is 289 g/mol. The smallest absolute Gasteiger partial charge is 0.105 e. The Morgan fingerprint density at radius 3 is 2.21 bits per heavy atom. The zero-order chi connectivity index (χ0) is 16.4. The Balaban J connectivity index is 1.38. The van der Waals surface area contributed by atoms with Crippen LogP contribution in [0.5, 0.6) is 0 Å². The first kappa shape index (κ1) is 17.4. The normalized spacial score (nSPS) is 39.8. The van der Waals surface area contributed by atoms with Crippen LogP contribution in [0.1, 0.15) is 96.3 Å². The number of hydrogen-bond acceptors (Lipinski definition) is 1. The predicted octanol–water partition coefficient (Wildman–Crippen LogP) is 5.20. The molecule has 0 amide bonds. The highest BCUT2D eigenvalue weighted by Crippen LogP contribution is 2.47. The van der Waals surface area contributed by atoms with Gasteiger partial charge in [-0.2, -0.15) is 0 Å². The highest BCUT2D eigenvalue weighted by molar-refractivity contribution is 6.11. The van der Waals surface area contributed by atoms with Gasteiger partial charge in [0.05, 0.1) is 0 Å². The summed E-state index contributed by atoms with van der Waals surface area (Å²) < 4.78 is 0. The SMILES string of the molecule is BC1CCC2[C@H](C1)C(CCC1CCCCC1)CN2C1CCCCC1. The number of hydrogen-bond donors (Lipinski definition) is 0. The highest BCUT2D eigenvalue weighted by atomic mass is 15.2. The van der Waals surface area contributed by atoms with E-state index in [9.17, 15) is 0 Å². The lowest BCUT2D eigenvalue weighted by Crippen LogP contribution is -2.43. The van der Waals surface area contributed by atoms with Gasteiger partial charge >= 0.3 is 0 Å². The van der Waals surface area contributed by atoms with Crippen molar-refractivity contribution in [2.24, 2.45) is 17.8 Å². The summed E-state index contributed by atoms with van der Waals surface area (Å²) in [4.78, 5) is 3.06. The summed E-state index contributed by atoms with van der Waals surface area (Å²) in [5, 5.41) is 0. The van der Waals surface area contributed by atoms with Crippen LogP contribution in [0.4, 0.5) is 0 Å². The van der Waals surface area contributed by atoms with E-state index in [1.165, 1.54) is 70.8 Å². The first-order valence-electron chi connectivity index (χ1n) is 11.6. The molecule has 0 aromatic heterocycles. The van der Waals surface area contributed by atoms with Gasteiger partial charge < -0.3 is 0 Å². The first-order chi connectivity index (χ1) is 11.8. The number of nitrogens with zero attached hydrogens (tertiary/aromatic N) is 1. The molecule has 136 valence electrons. The van der Waals surface area contributed by atoms with Crippen LogP contribution in [0.25, 0.3) is 0 Å². The van der Waals surface area contributed by atoms with Crippen molar-refractivity contribution in [2.75, 3.05) is 6.54 Å². The maximum Gasteiger partial charge on any atom is 0.105 e. The van der Waals surface area contributed by atoms with Crippen molar-refractivity contribution in [2.45, 2.75) is 114 Å². The van der Waals surface area contributed by atoms with E-state index in [0.717, 1.165) is 35.7 Å². The molecule has 3 saturated carbocycles. The summed E-state index contributed by atoms with van der Waals surface area (Å²) in [6, 6.07) is 1.93. The summed E-state index contributed by atoms with van der Waals surface area (Å²) in [5.41, 5.74) is 0. The lowest BCUT2D eigenvalue weighted by atomic mass is 9.66. The topological polar surface area (TPSA) is 3.24 Å². The lowest BCUT2D eigenvalue weighted by molar-refractivity contribution is 0.107. The Bertz CT molecular complexity index is 385. The van der Waals surface area contributed by atoms with Crippen LogP contribution in [0.3, 0.4) is 0 Å². The molecule has 1 nitrogen and oxygen atoms in total. The second kappa shape index (κ2) is 8.15. The summed E-state index contributed by atoms with van der Waals surface area (Å²) in [5.74, 6) is 4.18. The van der Waals surface area contributed by atoms with E-state index < -0.39 is 0 Å². The van der Waals surface area contributed by atoms with Crippen LogP contribution in [0.2, 0.25) is 5.82 Å². The monoisotopic (exact) mass is 329 g/mol. The Hall–Kier alpha value is 0.0249. The van der Waals surface area contributed by atoms with Gasteiger partial charge in [0.2, 0.25) is 0 Å². The molecule has 3 unspecified atom stereocenters. The fraction of sp³-hybridized carbons (Fsp3) is 1.00. The predicted molar refractivity (Wildman–Crippen MR) is 106 cm³/mol. The highest BCUT2D eigenvalue weighted by Gasteiger charge is 2.46. The summed E-state index contributed by atoms with van der Waals surface area (Å²) in [6.45, 7) is 1.47. The fourth-order valence-corrected chi connectivity index (χ4v) is 6.93. The third-order valence-corrected chi connectivity index (χ3v) is 8.31. The van der Waals surface area contributed by atoms with Crippen molar-refractivity contribution in [3.8, 4) is 0 Å². The van der Waals surface area contributed by atoms with Crippen LogP contribution in [-0.2, 0) is 0 Å². The summed E-state index contributed by atoms with van der Waals surface area (Å²) in [6.07, 6.45) is 22.8. The standard InChI is InChI=1S/C22H40BN/c23-19-13-14-22-21(15-19)18(12-11-17-7-3-1-4-8-17)16-24(22)20-9-5-2-6-10-20/h17-22H,1-16,23H2/t18?,19?,21-,22?/m1/s1. The minimum Gasteiger partial charge on any atom is -0.297 e. The maximum atomic E-state index is 3.06. The molecule has 0 bridgehead atoms. The van der Waals surface area contributed by atoms with Crippen molar-refractivity contribution < 1.29 is 0 Å². The molecular formula is C22H40BN. The van der Waals surface area contributed by atoms with E-state index >= 15 is 0 Å². The molecule has 4 rings (SSSR count). The van der Waals surface area contributed by atoms with E-state index in [0.29, 0.717) is 0 Å². The van der Waals surface area contributed by atoms with E-state index in [4.69, 9.17) is 0 Å². The minimum absolute atomic E-state index is 0.958. The molecule has 4 fully saturated rings. The van der Waals surface area contributed by atoms with Crippen molar-refractivity contribution in [1.29, 1.82) is 0 Å². The van der Waals surface area contributed by atoms with Crippen LogP contribution in [0.15, 0.2) is 0 Å². The van der Waals surface area contributed by atoms with Gasteiger partial charge in [0.25, 0.3) is 0 Å². The maximum absolute atomic E-state index is 3.06. The molecule has 2 heteroatoms. The zero-order valence-electron chi connectivity index (χ0n) is 16.2. The van der Waals surface area contributed by atoms with Crippen molar-refractivity contribution in [1.82, 2.24) is 4.90 Å². The molecule has 1 heterocycles. The van der Waals surface area contributed by atoms with Crippen LogP contribution >= 0.6 is 0 Å². The fourth-order valence-electron chi connectivity index (χ4n) is 6.93. The Morgan fingerprint density at radius 1 is 0.750 bits per heavy atom. The van der Waals surface area contributed by atoms with Gasteiger partial charge in [0.1, 0.15) is 7.85 Å². The van der Waals surface area contributed by atoms with E-state index in [-0.39, 0.29) is 0 Å². The average Bonchev–Trinajstić information content (AvgIpc) is 2.99. The second-order valence-electron chi connectivity index (χ2n) is 9.98. The van der Waals surface area contributed by atoms with Gasteiger partial charge in [-0.05, 0) is 43.4 Å². The number of rotatable bonds is 4. The van der Waals surface area contributed by atoms with Gasteiger partial charge in [-0.25, -0.2) is 0 Å². The Labute approximate surface area is 151 Å². The van der Waals surface area contributed by atoms with Gasteiger partial charge in [0.15, 0.2) is 0 Å². The van der Waals surface area contributed by atoms with Crippen molar-refractivity contribution in [3.05, 3.63) is 0 Å². The molecule has 4 atom stereocenters. The molecule has 0 N–H and O–H groups in total. The quantitative estimate of drug-likeness (QED) is 0.641. The summed E-state index contributed by atoms with van der Waals surface area (Å²) in [7, 11) is 2.53. The molecule has 0 aromatic rings. The number of fused-ring (bicyclic) bond motifs is 1. The van der Waals surface area contributed by atoms with Gasteiger partial charge in [-0.15, -0.1) is 0 Å². The van der Waals surface area contributed by atoms with Crippen molar-refractivity contribution in [3.63, 3.8) is 0 Å². The second-order valence-corrected chi connectivity index (χ2v) is 9.98.